The van der Waals surface area contributed by atoms with Gasteiger partial charge in [0.2, 0.25) is 5.91 Å². The first kappa shape index (κ1) is 26.5. The molecule has 200 valence electrons. The van der Waals surface area contributed by atoms with Gasteiger partial charge < -0.3 is 25.5 Å². The molecule has 1 unspecified atom stereocenters. The number of oxime groups is 1. The average molecular weight is 567 g/mol. The van der Waals surface area contributed by atoms with Crippen LogP contribution in [0.5, 0.6) is 5.75 Å². The molecule has 2 aliphatic rings. The van der Waals surface area contributed by atoms with Crippen molar-refractivity contribution in [1.82, 2.24) is 4.90 Å². The lowest BCUT2D eigenvalue weighted by Gasteiger charge is -2.23. The van der Waals surface area contributed by atoms with E-state index in [1.807, 2.05) is 6.07 Å². The van der Waals surface area contributed by atoms with Crippen LogP contribution in [0.25, 0.3) is 0 Å². The molecule has 0 radical (unpaired) electrons. The monoisotopic (exact) mass is 566 g/mol. The zero-order valence-electron chi connectivity index (χ0n) is 20.6. The lowest BCUT2D eigenvalue weighted by molar-refractivity contribution is -0.122. The number of halogens is 2. The Hall–Kier alpha value is -4.08. The number of carbonyl (C=O) groups excluding carboxylic acids is 3. The molecule has 0 bridgehead atoms. The highest BCUT2D eigenvalue weighted by Gasteiger charge is 2.53. The van der Waals surface area contributed by atoms with Gasteiger partial charge >= 0.3 is 0 Å². The molecule has 1 spiro atoms. The minimum absolute atomic E-state index is 0.146. The number of benzene rings is 3. The largest absolute Gasteiger partial charge is 0.484 e. The van der Waals surface area contributed by atoms with E-state index in [1.54, 1.807) is 66.7 Å². The second-order valence-electron chi connectivity index (χ2n) is 9.42. The molecule has 3 amide bonds. The SMILES string of the molecule is NC(=O)[C@H]1CC2(CC(c3cccc(NC(=O)COc4ccc(Cl)cc4)c3)=NO2)CN1C(=O)c1ccc(Cl)cc1. The van der Waals surface area contributed by atoms with Crippen molar-refractivity contribution in [1.29, 1.82) is 0 Å². The molecular formula is C28H24Cl2N4O5. The summed E-state index contributed by atoms with van der Waals surface area (Å²) < 4.78 is 5.49. The van der Waals surface area contributed by atoms with Crippen molar-refractivity contribution >= 4 is 52.3 Å². The number of hydrogen-bond donors (Lipinski definition) is 2. The van der Waals surface area contributed by atoms with Crippen molar-refractivity contribution in [2.75, 3.05) is 18.5 Å². The smallest absolute Gasteiger partial charge is 0.262 e. The van der Waals surface area contributed by atoms with E-state index in [0.717, 1.165) is 5.56 Å². The first-order valence-corrected chi connectivity index (χ1v) is 12.9. The van der Waals surface area contributed by atoms with Crippen LogP contribution in [0.2, 0.25) is 10.0 Å². The molecule has 0 saturated carbocycles. The highest BCUT2D eigenvalue weighted by molar-refractivity contribution is 6.30. The van der Waals surface area contributed by atoms with E-state index < -0.39 is 17.6 Å². The van der Waals surface area contributed by atoms with Crippen LogP contribution in [-0.2, 0) is 14.4 Å². The molecule has 39 heavy (non-hydrogen) atoms. The lowest BCUT2D eigenvalue weighted by Crippen LogP contribution is -2.44. The molecule has 2 atom stereocenters. The van der Waals surface area contributed by atoms with Crippen LogP contribution in [0.1, 0.15) is 28.8 Å². The van der Waals surface area contributed by atoms with Gasteiger partial charge in [-0.05, 0) is 60.7 Å². The summed E-state index contributed by atoms with van der Waals surface area (Å²) >= 11 is 11.8. The fraction of sp³-hybridized carbons (Fsp3) is 0.214. The Bertz CT molecular complexity index is 1450. The molecule has 11 heteroatoms. The molecule has 3 N–H and O–H groups in total. The molecule has 3 aromatic rings. The minimum Gasteiger partial charge on any atom is -0.484 e. The summed E-state index contributed by atoms with van der Waals surface area (Å²) in [6, 6.07) is 19.5. The predicted octanol–water partition coefficient (Wildman–Crippen LogP) is 4.27. The van der Waals surface area contributed by atoms with Gasteiger partial charge in [0.25, 0.3) is 11.8 Å². The van der Waals surface area contributed by atoms with Crippen LogP contribution in [0.15, 0.2) is 78.0 Å². The molecule has 2 aliphatic heterocycles. The normalized spacial score (nSPS) is 19.9. The summed E-state index contributed by atoms with van der Waals surface area (Å²) in [7, 11) is 0. The van der Waals surface area contributed by atoms with Gasteiger partial charge in [-0.25, -0.2) is 0 Å². The lowest BCUT2D eigenvalue weighted by atomic mass is 9.91. The summed E-state index contributed by atoms with van der Waals surface area (Å²) in [4.78, 5) is 45.2. The minimum atomic E-state index is -0.886. The van der Waals surface area contributed by atoms with Crippen LogP contribution in [0, 0.1) is 0 Å². The Morgan fingerprint density at radius 3 is 2.44 bits per heavy atom. The number of nitrogens with one attached hydrogen (secondary N) is 1. The van der Waals surface area contributed by atoms with E-state index in [4.69, 9.17) is 38.5 Å². The van der Waals surface area contributed by atoms with E-state index in [0.29, 0.717) is 39.2 Å². The fourth-order valence-electron chi connectivity index (χ4n) is 4.70. The Morgan fingerprint density at radius 1 is 1.05 bits per heavy atom. The van der Waals surface area contributed by atoms with Crippen LogP contribution >= 0.6 is 23.2 Å². The first-order valence-electron chi connectivity index (χ1n) is 12.1. The predicted molar refractivity (Wildman–Crippen MR) is 147 cm³/mol. The number of nitrogens with two attached hydrogens (primary N) is 1. The van der Waals surface area contributed by atoms with Crippen LogP contribution in [0.4, 0.5) is 5.69 Å². The van der Waals surface area contributed by atoms with Gasteiger partial charge in [-0.2, -0.15) is 0 Å². The summed E-state index contributed by atoms with van der Waals surface area (Å²) in [6.07, 6.45) is 0.575. The standard InChI is InChI=1S/C28H24Cl2N4O5/c29-19-6-4-17(5-7-19)27(37)34-16-28(14-24(34)26(31)36)13-23(33-39-28)18-2-1-3-21(12-18)32-25(35)15-38-22-10-8-20(30)9-11-22/h1-12,24H,13-16H2,(H2,31,36)(H,32,35)/t24-,28?/m1/s1. The fourth-order valence-corrected chi connectivity index (χ4v) is 4.95. The maximum atomic E-state index is 13.2. The zero-order chi connectivity index (χ0) is 27.6. The van der Waals surface area contributed by atoms with Crippen molar-refractivity contribution in [2.24, 2.45) is 10.9 Å². The molecular weight excluding hydrogens is 543 g/mol. The molecule has 2 heterocycles. The van der Waals surface area contributed by atoms with Crippen molar-refractivity contribution in [3.8, 4) is 5.75 Å². The van der Waals surface area contributed by atoms with E-state index in [9.17, 15) is 14.4 Å². The van der Waals surface area contributed by atoms with Gasteiger partial charge in [-0.3, -0.25) is 14.4 Å². The molecule has 1 saturated heterocycles. The van der Waals surface area contributed by atoms with Gasteiger partial charge in [-0.1, -0.05) is 40.5 Å². The second kappa shape index (κ2) is 11.0. The van der Waals surface area contributed by atoms with Gasteiger partial charge in [0, 0.05) is 39.7 Å². The Morgan fingerprint density at radius 2 is 1.74 bits per heavy atom. The Kier molecular flexibility index (Phi) is 7.45. The van der Waals surface area contributed by atoms with E-state index >= 15 is 0 Å². The quantitative estimate of drug-likeness (QED) is 0.442. The number of nitrogens with zero attached hydrogens (tertiary/aromatic N) is 2. The molecule has 5 rings (SSSR count). The Balaban J connectivity index is 1.24. The number of amides is 3. The van der Waals surface area contributed by atoms with Crippen LogP contribution < -0.4 is 15.8 Å². The average Bonchev–Trinajstić information content (AvgIpc) is 3.52. The highest BCUT2D eigenvalue weighted by Crippen LogP contribution is 2.39. The number of ether oxygens (including phenoxy) is 1. The molecule has 0 aromatic heterocycles. The molecule has 3 aromatic carbocycles. The molecule has 0 aliphatic carbocycles. The number of primary amides is 1. The third-order valence-corrected chi connectivity index (χ3v) is 7.09. The van der Waals surface area contributed by atoms with Crippen LogP contribution in [0.3, 0.4) is 0 Å². The number of rotatable bonds is 7. The zero-order valence-corrected chi connectivity index (χ0v) is 22.1. The van der Waals surface area contributed by atoms with Crippen molar-refractivity contribution in [3.63, 3.8) is 0 Å². The van der Waals surface area contributed by atoms with E-state index in [-0.39, 0.29) is 31.4 Å². The summed E-state index contributed by atoms with van der Waals surface area (Å²) in [5.74, 6) is -0.758. The number of likely N-dealkylation sites (tertiary alicyclic amines) is 1. The summed E-state index contributed by atoms with van der Waals surface area (Å²) in [5, 5.41) is 8.16. The van der Waals surface area contributed by atoms with Gasteiger partial charge in [0.15, 0.2) is 12.2 Å². The van der Waals surface area contributed by atoms with Crippen molar-refractivity contribution < 1.29 is 24.0 Å². The maximum absolute atomic E-state index is 13.2. The third-order valence-electron chi connectivity index (χ3n) is 6.58. The maximum Gasteiger partial charge on any atom is 0.262 e. The van der Waals surface area contributed by atoms with Gasteiger partial charge in [0.1, 0.15) is 11.8 Å². The van der Waals surface area contributed by atoms with Crippen LogP contribution in [-0.4, -0.2) is 53.1 Å². The Labute approximate surface area is 234 Å². The topological polar surface area (TPSA) is 123 Å². The van der Waals surface area contributed by atoms with Gasteiger partial charge in [-0.15, -0.1) is 0 Å². The van der Waals surface area contributed by atoms with Crippen molar-refractivity contribution in [2.45, 2.75) is 24.5 Å². The highest BCUT2D eigenvalue weighted by atomic mass is 35.5. The number of carbonyl (C=O) groups is 3. The first-order chi connectivity index (χ1) is 18.7. The number of hydrogen-bond acceptors (Lipinski definition) is 6. The molecule has 9 nitrogen and oxygen atoms in total. The molecule has 1 fully saturated rings. The van der Waals surface area contributed by atoms with Gasteiger partial charge in [0.05, 0.1) is 12.3 Å². The van der Waals surface area contributed by atoms with E-state index in [1.165, 1.54) is 4.90 Å². The van der Waals surface area contributed by atoms with Crippen molar-refractivity contribution in [3.05, 3.63) is 94.0 Å². The third kappa shape index (κ3) is 6.00. The number of anilines is 1. The second-order valence-corrected chi connectivity index (χ2v) is 10.3. The summed E-state index contributed by atoms with van der Waals surface area (Å²) in [6.45, 7) is -0.0292. The summed E-state index contributed by atoms with van der Waals surface area (Å²) in [5.41, 5.74) is 7.09. The van der Waals surface area contributed by atoms with E-state index in [2.05, 4.69) is 10.5 Å².